The second-order valence-corrected chi connectivity index (χ2v) is 7.02. The number of carbonyl (C=O) groups is 1. The molecule has 2 aliphatic rings. The topological polar surface area (TPSA) is 60.0 Å². The summed E-state index contributed by atoms with van der Waals surface area (Å²) in [6.45, 7) is 0. The van der Waals surface area contributed by atoms with Crippen molar-refractivity contribution in [1.29, 1.82) is 0 Å². The largest absolute Gasteiger partial charge is 0.493 e. The minimum absolute atomic E-state index is 0.126. The molecule has 6 nitrogen and oxygen atoms in total. The molecule has 2 aliphatic heterocycles. The molecule has 0 saturated carbocycles. The molecule has 2 bridgehead atoms. The summed E-state index contributed by atoms with van der Waals surface area (Å²) in [6, 6.07) is 4.82. The minimum Gasteiger partial charge on any atom is -0.493 e. The van der Waals surface area contributed by atoms with Crippen LogP contribution in [0.15, 0.2) is 12.1 Å². The Bertz CT molecular complexity index is 597. The molecule has 3 rings (SSSR count). The third-order valence-corrected chi connectivity index (χ3v) is 5.44. The highest BCUT2D eigenvalue weighted by molar-refractivity contribution is 5.93. The summed E-state index contributed by atoms with van der Waals surface area (Å²) in [5.74, 6) is 2.23. The first-order chi connectivity index (χ1) is 12.0. The van der Waals surface area contributed by atoms with Crippen LogP contribution in [0.3, 0.4) is 0 Å². The Morgan fingerprint density at radius 1 is 1.08 bits per heavy atom. The molecule has 1 aromatic rings. The maximum absolute atomic E-state index is 12.8. The number of ether oxygens (including phenoxy) is 3. The predicted molar refractivity (Wildman–Crippen MR) is 96.8 cm³/mol. The molecule has 0 radical (unpaired) electrons. The summed E-state index contributed by atoms with van der Waals surface area (Å²) in [4.78, 5) is 14.5. The van der Waals surface area contributed by atoms with Crippen LogP contribution in [-0.4, -0.2) is 46.4 Å². The van der Waals surface area contributed by atoms with Crippen molar-refractivity contribution in [3.8, 4) is 17.2 Å². The smallest absolute Gasteiger partial charge is 0.227 e. The van der Waals surface area contributed by atoms with Crippen LogP contribution in [0.25, 0.3) is 0 Å². The summed E-state index contributed by atoms with van der Waals surface area (Å²) >= 11 is 0. The lowest BCUT2D eigenvalue weighted by Crippen LogP contribution is -2.40. The molecule has 0 aromatic heterocycles. The van der Waals surface area contributed by atoms with Crippen molar-refractivity contribution in [1.82, 2.24) is 5.32 Å². The van der Waals surface area contributed by atoms with Crippen molar-refractivity contribution in [2.24, 2.45) is 5.92 Å². The highest BCUT2D eigenvalue weighted by atomic mass is 16.5. The van der Waals surface area contributed by atoms with Crippen molar-refractivity contribution in [2.75, 3.05) is 33.3 Å². The maximum Gasteiger partial charge on any atom is 0.227 e. The van der Waals surface area contributed by atoms with Crippen LogP contribution in [0.2, 0.25) is 0 Å². The zero-order chi connectivity index (χ0) is 18.0. The Morgan fingerprint density at radius 2 is 1.64 bits per heavy atom. The number of anilines is 1. The van der Waals surface area contributed by atoms with Crippen molar-refractivity contribution in [2.45, 2.75) is 44.2 Å². The lowest BCUT2D eigenvalue weighted by atomic mass is 9.89. The second kappa shape index (κ2) is 7.52. The Kier molecular flexibility index (Phi) is 5.37. The van der Waals surface area contributed by atoms with Gasteiger partial charge in [0, 0.05) is 37.7 Å². The molecule has 0 aliphatic carbocycles. The van der Waals surface area contributed by atoms with Crippen molar-refractivity contribution >= 4 is 11.6 Å². The number of amides is 1. The van der Waals surface area contributed by atoms with Gasteiger partial charge in [0.2, 0.25) is 11.7 Å². The Hall–Kier alpha value is -1.95. The summed E-state index contributed by atoms with van der Waals surface area (Å²) in [5.41, 5.74) is 0.747. The van der Waals surface area contributed by atoms with E-state index in [1.54, 1.807) is 33.3 Å². The van der Waals surface area contributed by atoms with E-state index >= 15 is 0 Å². The summed E-state index contributed by atoms with van der Waals surface area (Å²) < 4.78 is 16.1. The van der Waals surface area contributed by atoms with Crippen LogP contribution in [0.1, 0.15) is 32.1 Å². The lowest BCUT2D eigenvalue weighted by molar-refractivity contribution is -0.119. The molecule has 2 heterocycles. The standard InChI is InChI=1S/C19H28N2O4/c1-21(15-10-16(23-2)19(25-4)17(11-15)24-3)18(22)9-12-7-13-5-6-14(8-12)20-13/h10-14,20H,5-9H2,1-4H3. The Balaban J connectivity index is 1.73. The Morgan fingerprint density at radius 3 is 2.12 bits per heavy atom. The highest BCUT2D eigenvalue weighted by Crippen LogP contribution is 2.41. The lowest BCUT2D eigenvalue weighted by Gasteiger charge is -2.30. The van der Waals surface area contributed by atoms with Crippen LogP contribution < -0.4 is 24.4 Å². The van der Waals surface area contributed by atoms with Crippen molar-refractivity contribution in [3.63, 3.8) is 0 Å². The van der Waals surface area contributed by atoms with Gasteiger partial charge in [-0.15, -0.1) is 0 Å². The van der Waals surface area contributed by atoms with Crippen LogP contribution in [0.4, 0.5) is 5.69 Å². The van der Waals surface area contributed by atoms with Gasteiger partial charge in [-0.2, -0.15) is 0 Å². The summed E-state index contributed by atoms with van der Waals surface area (Å²) in [7, 11) is 6.53. The van der Waals surface area contributed by atoms with Gasteiger partial charge in [-0.05, 0) is 31.6 Å². The van der Waals surface area contributed by atoms with Crippen LogP contribution in [0.5, 0.6) is 17.2 Å². The number of hydrogen-bond acceptors (Lipinski definition) is 5. The zero-order valence-corrected chi connectivity index (χ0v) is 15.5. The van der Waals surface area contributed by atoms with E-state index in [9.17, 15) is 4.79 Å². The highest BCUT2D eigenvalue weighted by Gasteiger charge is 2.34. The number of fused-ring (bicyclic) bond motifs is 2. The molecule has 2 fully saturated rings. The molecule has 138 valence electrons. The number of piperidine rings is 1. The average molecular weight is 348 g/mol. The molecule has 2 saturated heterocycles. The Labute approximate surface area is 149 Å². The van der Waals surface area contributed by atoms with Gasteiger partial charge in [0.05, 0.1) is 27.0 Å². The van der Waals surface area contributed by atoms with E-state index < -0.39 is 0 Å². The third-order valence-electron chi connectivity index (χ3n) is 5.44. The van der Waals surface area contributed by atoms with E-state index in [2.05, 4.69) is 5.32 Å². The van der Waals surface area contributed by atoms with Gasteiger partial charge in [-0.1, -0.05) is 0 Å². The molecule has 25 heavy (non-hydrogen) atoms. The molecule has 1 amide bonds. The SMILES string of the molecule is COc1cc(N(C)C(=O)CC2CC3CCC(C2)N3)cc(OC)c1OC. The van der Waals surface area contributed by atoms with E-state index in [1.165, 1.54) is 12.8 Å². The van der Waals surface area contributed by atoms with E-state index in [4.69, 9.17) is 14.2 Å². The van der Waals surface area contributed by atoms with Gasteiger partial charge >= 0.3 is 0 Å². The normalized spacial score (nSPS) is 24.7. The fourth-order valence-corrected chi connectivity index (χ4v) is 4.13. The quantitative estimate of drug-likeness (QED) is 0.856. The zero-order valence-electron chi connectivity index (χ0n) is 15.5. The van der Waals surface area contributed by atoms with Gasteiger partial charge in [-0.3, -0.25) is 4.79 Å². The second-order valence-electron chi connectivity index (χ2n) is 7.02. The van der Waals surface area contributed by atoms with Crippen LogP contribution in [0, 0.1) is 5.92 Å². The van der Waals surface area contributed by atoms with Crippen LogP contribution >= 0.6 is 0 Å². The molecule has 2 unspecified atom stereocenters. The van der Waals surface area contributed by atoms with Gasteiger partial charge in [0.25, 0.3) is 0 Å². The van der Waals surface area contributed by atoms with Crippen molar-refractivity contribution < 1.29 is 19.0 Å². The number of rotatable bonds is 6. The van der Waals surface area contributed by atoms with Gasteiger partial charge in [0.1, 0.15) is 0 Å². The number of hydrogen-bond donors (Lipinski definition) is 1. The van der Waals surface area contributed by atoms with Gasteiger partial charge in [0.15, 0.2) is 11.5 Å². The third kappa shape index (κ3) is 3.68. The fraction of sp³-hybridized carbons (Fsp3) is 0.632. The fourth-order valence-electron chi connectivity index (χ4n) is 4.13. The average Bonchev–Trinajstić information content (AvgIpc) is 2.97. The van der Waals surface area contributed by atoms with Crippen LogP contribution in [-0.2, 0) is 4.79 Å². The molecule has 1 aromatic carbocycles. The molecule has 6 heteroatoms. The van der Waals surface area contributed by atoms with Crippen molar-refractivity contribution in [3.05, 3.63) is 12.1 Å². The van der Waals surface area contributed by atoms with E-state index in [0.29, 0.717) is 41.7 Å². The summed E-state index contributed by atoms with van der Waals surface area (Å²) in [5, 5.41) is 3.63. The number of carbonyl (C=O) groups excluding carboxylic acids is 1. The monoisotopic (exact) mass is 348 g/mol. The van der Waals surface area contributed by atoms with E-state index in [-0.39, 0.29) is 5.91 Å². The first-order valence-electron chi connectivity index (χ1n) is 8.88. The molecule has 0 spiro atoms. The van der Waals surface area contributed by atoms with E-state index in [0.717, 1.165) is 18.5 Å². The first kappa shape index (κ1) is 17.9. The van der Waals surface area contributed by atoms with Gasteiger partial charge < -0.3 is 24.4 Å². The summed E-state index contributed by atoms with van der Waals surface area (Å²) in [6.07, 6.45) is 5.29. The number of nitrogens with zero attached hydrogens (tertiary/aromatic N) is 1. The molecular formula is C19H28N2O4. The number of nitrogens with one attached hydrogen (secondary N) is 1. The molecule has 2 atom stereocenters. The number of benzene rings is 1. The first-order valence-corrected chi connectivity index (χ1v) is 8.88. The van der Waals surface area contributed by atoms with Gasteiger partial charge in [-0.25, -0.2) is 0 Å². The van der Waals surface area contributed by atoms with E-state index in [1.807, 2.05) is 12.1 Å². The molecular weight excluding hydrogens is 320 g/mol. The molecule has 1 N–H and O–H groups in total. The number of methoxy groups -OCH3 is 3. The predicted octanol–water partition coefficient (Wildman–Crippen LogP) is 2.60. The minimum atomic E-state index is 0.126. The maximum atomic E-state index is 12.8.